The highest BCUT2D eigenvalue weighted by atomic mass is 16.5. The Bertz CT molecular complexity index is 474. The fourth-order valence-corrected chi connectivity index (χ4v) is 1.98. The maximum absolute atomic E-state index is 5.51. The van der Waals surface area contributed by atoms with Crippen molar-refractivity contribution in [3.63, 3.8) is 0 Å². The molecule has 1 fully saturated rings. The molecule has 6 heteroatoms. The van der Waals surface area contributed by atoms with Crippen molar-refractivity contribution >= 4 is 0 Å². The summed E-state index contributed by atoms with van der Waals surface area (Å²) in [6, 6.07) is 3.59. The van der Waals surface area contributed by atoms with Gasteiger partial charge in [-0.2, -0.15) is 4.98 Å². The monoisotopic (exact) mass is 249 g/mol. The van der Waals surface area contributed by atoms with Crippen LogP contribution in [0.4, 0.5) is 0 Å². The summed E-state index contributed by atoms with van der Waals surface area (Å²) in [6.45, 7) is 2.24. The van der Waals surface area contributed by atoms with Crippen molar-refractivity contribution in [3.05, 3.63) is 24.3 Å². The first kappa shape index (κ1) is 11.4. The van der Waals surface area contributed by atoms with Crippen LogP contribution in [0.3, 0.4) is 0 Å². The van der Waals surface area contributed by atoms with Gasteiger partial charge in [-0.3, -0.25) is 0 Å². The van der Waals surface area contributed by atoms with Gasteiger partial charge < -0.3 is 19.0 Å². The Labute approximate surface area is 104 Å². The van der Waals surface area contributed by atoms with Gasteiger partial charge in [0.25, 0.3) is 0 Å². The Morgan fingerprint density at radius 2 is 2.44 bits per heavy atom. The molecule has 0 aromatic carbocycles. The van der Waals surface area contributed by atoms with Gasteiger partial charge in [0.2, 0.25) is 11.7 Å². The summed E-state index contributed by atoms with van der Waals surface area (Å²) in [5, 5.41) is 7.11. The van der Waals surface area contributed by atoms with Crippen molar-refractivity contribution in [2.24, 2.45) is 0 Å². The van der Waals surface area contributed by atoms with E-state index in [-0.39, 0.29) is 0 Å². The van der Waals surface area contributed by atoms with E-state index in [4.69, 9.17) is 13.7 Å². The molecular weight excluding hydrogens is 234 g/mol. The first-order chi connectivity index (χ1) is 8.92. The van der Waals surface area contributed by atoms with E-state index in [0.29, 0.717) is 30.1 Å². The Hall–Kier alpha value is -1.66. The van der Waals surface area contributed by atoms with E-state index < -0.39 is 0 Å². The molecule has 0 saturated carbocycles. The second-order valence-corrected chi connectivity index (χ2v) is 4.25. The number of ether oxygens (including phenoxy) is 1. The largest absolute Gasteiger partial charge is 0.461 e. The minimum Gasteiger partial charge on any atom is -0.461 e. The van der Waals surface area contributed by atoms with Crippen LogP contribution >= 0.6 is 0 Å². The maximum Gasteiger partial charge on any atom is 0.241 e. The standard InChI is InChI=1S/C12H15N3O3/c1-3-9(16-5-1)7-13-8-11-14-12(15-18-11)10-4-2-6-17-10/h2,4,6,9,13H,1,3,5,7-8H2. The van der Waals surface area contributed by atoms with Crippen LogP contribution in [0.5, 0.6) is 0 Å². The van der Waals surface area contributed by atoms with Crippen molar-refractivity contribution in [2.75, 3.05) is 13.2 Å². The van der Waals surface area contributed by atoms with Gasteiger partial charge in [0.1, 0.15) is 0 Å². The lowest BCUT2D eigenvalue weighted by Crippen LogP contribution is -2.25. The molecule has 0 amide bonds. The zero-order chi connectivity index (χ0) is 12.2. The highest BCUT2D eigenvalue weighted by Gasteiger charge is 2.15. The second-order valence-electron chi connectivity index (χ2n) is 4.25. The molecule has 0 aliphatic carbocycles. The lowest BCUT2D eigenvalue weighted by atomic mass is 10.2. The predicted molar refractivity (Wildman–Crippen MR) is 62.7 cm³/mol. The van der Waals surface area contributed by atoms with Crippen LogP contribution in [0.25, 0.3) is 11.6 Å². The Morgan fingerprint density at radius 3 is 3.22 bits per heavy atom. The number of hydrogen-bond donors (Lipinski definition) is 1. The third-order valence-corrected chi connectivity index (χ3v) is 2.88. The molecule has 96 valence electrons. The lowest BCUT2D eigenvalue weighted by molar-refractivity contribution is 0.109. The van der Waals surface area contributed by atoms with E-state index >= 15 is 0 Å². The van der Waals surface area contributed by atoms with Gasteiger partial charge in [0.05, 0.1) is 18.9 Å². The Balaban J connectivity index is 1.51. The predicted octanol–water partition coefficient (Wildman–Crippen LogP) is 1.60. The average molecular weight is 249 g/mol. The smallest absolute Gasteiger partial charge is 0.241 e. The van der Waals surface area contributed by atoms with Crippen molar-refractivity contribution < 1.29 is 13.7 Å². The van der Waals surface area contributed by atoms with E-state index in [1.54, 1.807) is 18.4 Å². The maximum atomic E-state index is 5.51. The molecule has 0 radical (unpaired) electrons. The highest BCUT2D eigenvalue weighted by Crippen LogP contribution is 2.15. The van der Waals surface area contributed by atoms with E-state index in [1.807, 2.05) is 0 Å². The SMILES string of the molecule is c1coc(-c2noc(CNCC3CCCO3)n2)c1. The molecule has 2 aromatic heterocycles. The summed E-state index contributed by atoms with van der Waals surface area (Å²) >= 11 is 0. The molecule has 1 atom stereocenters. The minimum absolute atomic E-state index is 0.317. The first-order valence-corrected chi connectivity index (χ1v) is 6.10. The normalized spacial score (nSPS) is 19.4. The number of aromatic nitrogens is 2. The van der Waals surface area contributed by atoms with Gasteiger partial charge >= 0.3 is 0 Å². The molecule has 3 heterocycles. The summed E-state index contributed by atoms with van der Waals surface area (Å²) in [7, 11) is 0. The van der Waals surface area contributed by atoms with E-state index in [1.165, 1.54) is 0 Å². The summed E-state index contributed by atoms with van der Waals surface area (Å²) in [5.41, 5.74) is 0. The van der Waals surface area contributed by atoms with Crippen LogP contribution in [0.15, 0.2) is 27.3 Å². The fourth-order valence-electron chi connectivity index (χ4n) is 1.98. The zero-order valence-electron chi connectivity index (χ0n) is 9.96. The molecule has 6 nitrogen and oxygen atoms in total. The molecule has 2 aromatic rings. The van der Waals surface area contributed by atoms with E-state index in [9.17, 15) is 0 Å². The number of furan rings is 1. The number of nitrogens with one attached hydrogen (secondary N) is 1. The third-order valence-electron chi connectivity index (χ3n) is 2.88. The molecule has 1 aliphatic heterocycles. The zero-order valence-corrected chi connectivity index (χ0v) is 9.96. The molecule has 1 N–H and O–H groups in total. The third kappa shape index (κ3) is 2.60. The minimum atomic E-state index is 0.317. The van der Waals surface area contributed by atoms with Crippen LogP contribution in [-0.2, 0) is 11.3 Å². The summed E-state index contributed by atoms with van der Waals surface area (Å²) < 4.78 is 15.8. The van der Waals surface area contributed by atoms with Crippen molar-refractivity contribution in [2.45, 2.75) is 25.5 Å². The molecule has 0 bridgehead atoms. The fraction of sp³-hybridized carbons (Fsp3) is 0.500. The molecule has 1 saturated heterocycles. The van der Waals surface area contributed by atoms with E-state index in [2.05, 4.69) is 15.5 Å². The number of nitrogens with zero attached hydrogens (tertiary/aromatic N) is 2. The lowest BCUT2D eigenvalue weighted by Gasteiger charge is -2.08. The van der Waals surface area contributed by atoms with Crippen molar-refractivity contribution in [1.29, 1.82) is 0 Å². The topological polar surface area (TPSA) is 73.3 Å². The quantitative estimate of drug-likeness (QED) is 0.867. The molecule has 1 unspecified atom stereocenters. The van der Waals surface area contributed by atoms with Gasteiger partial charge in [-0.15, -0.1) is 0 Å². The molecular formula is C12H15N3O3. The molecule has 18 heavy (non-hydrogen) atoms. The number of rotatable bonds is 5. The Kier molecular flexibility index (Phi) is 3.38. The molecule has 3 rings (SSSR count). The summed E-state index contributed by atoms with van der Waals surface area (Å²) in [5.74, 6) is 1.65. The first-order valence-electron chi connectivity index (χ1n) is 6.10. The second kappa shape index (κ2) is 5.32. The van der Waals surface area contributed by atoms with Gasteiger partial charge in [0, 0.05) is 13.2 Å². The van der Waals surface area contributed by atoms with E-state index in [0.717, 1.165) is 26.0 Å². The highest BCUT2D eigenvalue weighted by molar-refractivity contribution is 5.44. The van der Waals surface area contributed by atoms with Crippen LogP contribution in [0.2, 0.25) is 0 Å². The van der Waals surface area contributed by atoms with Crippen molar-refractivity contribution in [1.82, 2.24) is 15.5 Å². The average Bonchev–Trinajstić information content (AvgIpc) is 3.12. The van der Waals surface area contributed by atoms with Gasteiger partial charge in [-0.05, 0) is 25.0 Å². The molecule has 1 aliphatic rings. The van der Waals surface area contributed by atoms with Crippen LogP contribution in [0.1, 0.15) is 18.7 Å². The van der Waals surface area contributed by atoms with Gasteiger partial charge in [-0.1, -0.05) is 5.16 Å². The van der Waals surface area contributed by atoms with Crippen LogP contribution in [-0.4, -0.2) is 29.4 Å². The van der Waals surface area contributed by atoms with Gasteiger partial charge in [0.15, 0.2) is 5.76 Å². The van der Waals surface area contributed by atoms with Crippen LogP contribution < -0.4 is 5.32 Å². The van der Waals surface area contributed by atoms with Crippen molar-refractivity contribution in [3.8, 4) is 11.6 Å². The molecule has 0 spiro atoms. The summed E-state index contributed by atoms with van der Waals surface area (Å²) in [6.07, 6.45) is 4.17. The summed E-state index contributed by atoms with van der Waals surface area (Å²) in [4.78, 5) is 4.24. The number of hydrogen-bond acceptors (Lipinski definition) is 6. The Morgan fingerprint density at radius 1 is 1.44 bits per heavy atom. The van der Waals surface area contributed by atoms with Gasteiger partial charge in [-0.25, -0.2) is 0 Å². The van der Waals surface area contributed by atoms with Crippen LogP contribution in [0, 0.1) is 0 Å².